The Balaban J connectivity index is 0.000000200. The third-order valence-electron chi connectivity index (χ3n) is 2.01. The summed E-state index contributed by atoms with van der Waals surface area (Å²) in [5, 5.41) is 0. The first kappa shape index (κ1) is 15.4. The van der Waals surface area contributed by atoms with E-state index < -0.39 is 0 Å². The van der Waals surface area contributed by atoms with Crippen LogP contribution >= 0.6 is 0 Å². The molecule has 0 unspecified atom stereocenters. The van der Waals surface area contributed by atoms with Gasteiger partial charge in [-0.2, -0.15) is 0 Å². The fourth-order valence-corrected chi connectivity index (χ4v) is 1.31. The molecule has 0 amide bonds. The van der Waals surface area contributed by atoms with Gasteiger partial charge in [0.15, 0.2) is 0 Å². The summed E-state index contributed by atoms with van der Waals surface area (Å²) < 4.78 is 9.55. The number of hydrogen-bond donors (Lipinski definition) is 0. The van der Waals surface area contributed by atoms with E-state index in [4.69, 9.17) is 9.47 Å². The second kappa shape index (κ2) is 8.48. The van der Waals surface area contributed by atoms with Crippen molar-refractivity contribution in [1.82, 2.24) is 0 Å². The Morgan fingerprint density at radius 1 is 0.650 bits per heavy atom. The normalized spacial score (nSPS) is 8.90. The molecule has 4 nitrogen and oxygen atoms in total. The molecule has 0 aliphatic rings. The number of ether oxygens (including phenoxy) is 2. The van der Waals surface area contributed by atoms with E-state index in [1.807, 2.05) is 36.4 Å². The van der Waals surface area contributed by atoms with Crippen LogP contribution in [0.25, 0.3) is 0 Å². The van der Waals surface area contributed by atoms with Gasteiger partial charge in [0.05, 0.1) is 0 Å². The van der Waals surface area contributed by atoms with Crippen LogP contribution in [0.2, 0.25) is 0 Å². The maximum atomic E-state index is 10.4. The summed E-state index contributed by atoms with van der Waals surface area (Å²) >= 11 is 0. The second-order valence-corrected chi connectivity index (χ2v) is 3.81. The molecule has 2 aromatic carbocycles. The van der Waals surface area contributed by atoms with Crippen molar-refractivity contribution < 1.29 is 19.1 Å². The van der Waals surface area contributed by atoms with Crippen LogP contribution in [0.4, 0.5) is 0 Å². The van der Waals surface area contributed by atoms with Crippen LogP contribution in [0.1, 0.15) is 13.8 Å². The van der Waals surface area contributed by atoms with Crippen molar-refractivity contribution in [1.29, 1.82) is 0 Å². The zero-order chi connectivity index (χ0) is 14.8. The smallest absolute Gasteiger partial charge is 0.308 e. The van der Waals surface area contributed by atoms with Gasteiger partial charge in [0, 0.05) is 13.8 Å². The highest BCUT2D eigenvalue weighted by atomic mass is 16.5. The van der Waals surface area contributed by atoms with Crippen molar-refractivity contribution in [2.75, 3.05) is 0 Å². The zero-order valence-corrected chi connectivity index (χ0v) is 11.4. The first-order valence-corrected chi connectivity index (χ1v) is 6.05. The molecule has 0 atom stereocenters. The molecule has 0 aliphatic carbocycles. The summed E-state index contributed by atoms with van der Waals surface area (Å²) in [6.07, 6.45) is 0. The first-order chi connectivity index (χ1) is 9.58. The SMILES string of the molecule is CC(=O)Oc1ccccc1.CC(=O)Oc1ccccc1. The van der Waals surface area contributed by atoms with E-state index in [2.05, 4.69) is 0 Å². The van der Waals surface area contributed by atoms with E-state index >= 15 is 0 Å². The Kier molecular flexibility index (Phi) is 6.54. The van der Waals surface area contributed by atoms with E-state index in [-0.39, 0.29) is 11.9 Å². The van der Waals surface area contributed by atoms with Gasteiger partial charge in [-0.25, -0.2) is 0 Å². The highest BCUT2D eigenvalue weighted by molar-refractivity contribution is 5.69. The first-order valence-electron chi connectivity index (χ1n) is 6.05. The molecule has 2 rings (SSSR count). The summed E-state index contributed by atoms with van der Waals surface area (Å²) in [5.74, 6) is 0.613. The molecular weight excluding hydrogens is 256 g/mol. The molecule has 0 bridgehead atoms. The summed E-state index contributed by atoms with van der Waals surface area (Å²) in [5.41, 5.74) is 0. The molecule has 0 spiro atoms. The molecule has 104 valence electrons. The van der Waals surface area contributed by atoms with E-state index in [0.717, 1.165) is 0 Å². The lowest BCUT2D eigenvalue weighted by Crippen LogP contribution is -2.00. The van der Waals surface area contributed by atoms with Gasteiger partial charge in [-0.05, 0) is 24.3 Å². The van der Waals surface area contributed by atoms with E-state index in [1.165, 1.54) is 13.8 Å². The molecule has 2 aromatic rings. The van der Waals surface area contributed by atoms with Crippen LogP contribution in [0.3, 0.4) is 0 Å². The number of para-hydroxylation sites is 2. The topological polar surface area (TPSA) is 52.6 Å². The van der Waals surface area contributed by atoms with Crippen molar-refractivity contribution in [3.8, 4) is 11.5 Å². The standard InChI is InChI=1S/2C8H8O2/c2*1-7(9)10-8-5-3-2-4-6-8/h2*2-6H,1H3. The van der Waals surface area contributed by atoms with Crippen molar-refractivity contribution in [3.63, 3.8) is 0 Å². The maximum absolute atomic E-state index is 10.4. The molecule has 0 heterocycles. The Morgan fingerprint density at radius 2 is 0.950 bits per heavy atom. The van der Waals surface area contributed by atoms with Gasteiger partial charge in [0.2, 0.25) is 0 Å². The van der Waals surface area contributed by atoms with Crippen LogP contribution in [0, 0.1) is 0 Å². The molecule has 0 radical (unpaired) electrons. The minimum atomic E-state index is -0.286. The van der Waals surface area contributed by atoms with Crippen molar-refractivity contribution >= 4 is 11.9 Å². The molecule has 4 heteroatoms. The van der Waals surface area contributed by atoms with E-state index in [1.54, 1.807) is 24.3 Å². The summed E-state index contributed by atoms with van der Waals surface area (Å²) in [7, 11) is 0. The number of rotatable bonds is 2. The third-order valence-corrected chi connectivity index (χ3v) is 2.01. The van der Waals surface area contributed by atoms with E-state index in [9.17, 15) is 9.59 Å². The quantitative estimate of drug-likeness (QED) is 0.622. The Bertz CT molecular complexity index is 483. The van der Waals surface area contributed by atoms with Gasteiger partial charge < -0.3 is 9.47 Å². The van der Waals surface area contributed by atoms with Gasteiger partial charge in [0.25, 0.3) is 0 Å². The molecule has 20 heavy (non-hydrogen) atoms. The van der Waals surface area contributed by atoms with Crippen molar-refractivity contribution in [2.45, 2.75) is 13.8 Å². The maximum Gasteiger partial charge on any atom is 0.308 e. The monoisotopic (exact) mass is 272 g/mol. The lowest BCUT2D eigenvalue weighted by Gasteiger charge is -1.97. The summed E-state index contributed by atoms with van der Waals surface area (Å²) in [6.45, 7) is 2.76. The van der Waals surface area contributed by atoms with Crippen molar-refractivity contribution in [2.24, 2.45) is 0 Å². The van der Waals surface area contributed by atoms with Crippen LogP contribution in [-0.2, 0) is 9.59 Å². The molecule has 0 saturated carbocycles. The number of benzene rings is 2. The highest BCUT2D eigenvalue weighted by Crippen LogP contribution is 2.08. The number of esters is 2. The second-order valence-electron chi connectivity index (χ2n) is 3.81. The lowest BCUT2D eigenvalue weighted by atomic mass is 10.3. The summed E-state index contributed by atoms with van der Waals surface area (Å²) in [4.78, 5) is 20.8. The number of carbonyl (C=O) groups is 2. The number of hydrogen-bond acceptors (Lipinski definition) is 4. The van der Waals surface area contributed by atoms with Gasteiger partial charge >= 0.3 is 11.9 Å². The van der Waals surface area contributed by atoms with Crippen molar-refractivity contribution in [3.05, 3.63) is 60.7 Å². The average molecular weight is 272 g/mol. The van der Waals surface area contributed by atoms with Crippen LogP contribution in [0.15, 0.2) is 60.7 Å². The number of carbonyl (C=O) groups excluding carboxylic acids is 2. The van der Waals surface area contributed by atoms with Gasteiger partial charge in [-0.1, -0.05) is 36.4 Å². The predicted octanol–water partition coefficient (Wildman–Crippen LogP) is 3.22. The average Bonchev–Trinajstić information content (AvgIpc) is 2.40. The van der Waals surface area contributed by atoms with Crippen LogP contribution in [0.5, 0.6) is 11.5 Å². The summed E-state index contributed by atoms with van der Waals surface area (Å²) in [6, 6.07) is 18.0. The van der Waals surface area contributed by atoms with Crippen LogP contribution < -0.4 is 9.47 Å². The molecule has 0 fully saturated rings. The fraction of sp³-hybridized carbons (Fsp3) is 0.125. The third kappa shape index (κ3) is 6.96. The largest absolute Gasteiger partial charge is 0.427 e. The highest BCUT2D eigenvalue weighted by Gasteiger charge is 1.93. The Labute approximate surface area is 118 Å². The molecule has 0 aliphatic heterocycles. The van der Waals surface area contributed by atoms with Gasteiger partial charge in [-0.3, -0.25) is 9.59 Å². The van der Waals surface area contributed by atoms with E-state index in [0.29, 0.717) is 11.5 Å². The van der Waals surface area contributed by atoms with Gasteiger partial charge in [0.1, 0.15) is 11.5 Å². The minimum Gasteiger partial charge on any atom is -0.427 e. The fourth-order valence-electron chi connectivity index (χ4n) is 1.31. The molecule has 0 N–H and O–H groups in total. The molecule has 0 aromatic heterocycles. The Morgan fingerprint density at radius 3 is 1.20 bits per heavy atom. The molecular formula is C16H16O4. The lowest BCUT2D eigenvalue weighted by molar-refractivity contribution is -0.132. The minimum absolute atomic E-state index is 0.286. The molecule has 0 saturated heterocycles. The Hall–Kier alpha value is -2.62. The van der Waals surface area contributed by atoms with Crippen LogP contribution in [-0.4, -0.2) is 11.9 Å². The van der Waals surface area contributed by atoms with Gasteiger partial charge in [-0.15, -0.1) is 0 Å². The zero-order valence-electron chi connectivity index (χ0n) is 11.4. The predicted molar refractivity (Wildman–Crippen MR) is 75.5 cm³/mol.